The van der Waals surface area contributed by atoms with E-state index in [1.54, 1.807) is 17.1 Å². The fourth-order valence-electron chi connectivity index (χ4n) is 5.41. The number of piperidine rings is 2. The van der Waals surface area contributed by atoms with Gasteiger partial charge in [0.2, 0.25) is 5.95 Å². The molecule has 33 heavy (non-hydrogen) atoms. The Morgan fingerprint density at radius 1 is 1.06 bits per heavy atom. The van der Waals surface area contributed by atoms with Gasteiger partial charge in [-0.1, -0.05) is 18.2 Å². The fraction of sp³-hybridized carbons (Fsp3) is 0.360. The van der Waals surface area contributed by atoms with Crippen LogP contribution < -0.4 is 10.2 Å². The molecule has 0 aliphatic carbocycles. The Hall–Kier alpha value is -3.52. The Morgan fingerprint density at radius 3 is 2.79 bits per heavy atom. The number of carbonyl (C=O) groups is 1. The molecular weight excluding hydrogens is 414 g/mol. The van der Waals surface area contributed by atoms with Crippen molar-refractivity contribution in [1.29, 1.82) is 0 Å². The molecule has 2 N–H and O–H groups in total. The standard InChI is InChI=1S/C25H27N7O/c33-23-21(16-18-17-28-20-5-2-1-4-19(18)20)26-12-7-25(23)8-14-31(15-9-25)24-27-11-6-22(30-24)32-13-3-10-29-32/h1-6,10-11,13,17,21,26,28H,7-9,12,14-16H2. The Labute approximate surface area is 192 Å². The normalized spacial score (nSPS) is 20.5. The van der Waals surface area contributed by atoms with Crippen molar-refractivity contribution in [1.82, 2.24) is 30.0 Å². The van der Waals surface area contributed by atoms with Crippen molar-refractivity contribution >= 4 is 22.6 Å². The first-order valence-electron chi connectivity index (χ1n) is 11.6. The highest BCUT2D eigenvalue weighted by molar-refractivity contribution is 5.92. The molecule has 4 aromatic rings. The second-order valence-electron chi connectivity index (χ2n) is 9.12. The highest BCUT2D eigenvalue weighted by atomic mass is 16.1. The van der Waals surface area contributed by atoms with Crippen LogP contribution >= 0.6 is 0 Å². The SMILES string of the molecule is O=C1C(Cc2c[nH]c3ccccc23)NCCC12CCN(c1nccc(-n3cccn3)n1)CC2. The molecule has 1 unspecified atom stereocenters. The molecular formula is C25H27N7O. The largest absolute Gasteiger partial charge is 0.361 e. The highest BCUT2D eigenvalue weighted by Crippen LogP contribution is 2.40. The Bertz CT molecular complexity index is 1270. The van der Waals surface area contributed by atoms with Gasteiger partial charge in [0.15, 0.2) is 11.6 Å². The molecule has 2 fully saturated rings. The minimum absolute atomic E-state index is 0.135. The summed E-state index contributed by atoms with van der Waals surface area (Å²) < 4.78 is 1.74. The number of ketones is 1. The monoisotopic (exact) mass is 441 g/mol. The molecule has 8 heteroatoms. The van der Waals surface area contributed by atoms with Crippen LogP contribution in [0.25, 0.3) is 16.7 Å². The predicted octanol–water partition coefficient (Wildman–Crippen LogP) is 2.90. The molecule has 168 valence electrons. The molecule has 0 radical (unpaired) electrons. The lowest BCUT2D eigenvalue weighted by Crippen LogP contribution is -2.57. The number of rotatable bonds is 4. The number of fused-ring (bicyclic) bond motifs is 1. The summed E-state index contributed by atoms with van der Waals surface area (Å²) in [6, 6.07) is 11.9. The van der Waals surface area contributed by atoms with Gasteiger partial charge in [0, 0.05) is 60.3 Å². The number of nitrogens with zero attached hydrogens (tertiary/aromatic N) is 5. The van der Waals surface area contributed by atoms with Crippen LogP contribution in [-0.2, 0) is 11.2 Å². The summed E-state index contributed by atoms with van der Waals surface area (Å²) in [4.78, 5) is 28.4. The lowest BCUT2D eigenvalue weighted by atomic mass is 9.67. The molecule has 0 saturated carbocycles. The second kappa shape index (κ2) is 8.12. The van der Waals surface area contributed by atoms with Crippen LogP contribution in [0.2, 0.25) is 0 Å². The molecule has 2 aliphatic rings. The van der Waals surface area contributed by atoms with Gasteiger partial charge in [0.05, 0.1) is 6.04 Å². The number of aromatic nitrogens is 5. The van der Waals surface area contributed by atoms with Crippen LogP contribution in [0.3, 0.4) is 0 Å². The number of H-pyrrole nitrogens is 1. The van der Waals surface area contributed by atoms with Gasteiger partial charge in [0.25, 0.3) is 0 Å². The van der Waals surface area contributed by atoms with Crippen molar-refractivity contribution in [2.75, 3.05) is 24.5 Å². The van der Waals surface area contributed by atoms with E-state index in [9.17, 15) is 4.79 Å². The van der Waals surface area contributed by atoms with Gasteiger partial charge in [-0.15, -0.1) is 0 Å². The van der Waals surface area contributed by atoms with E-state index in [1.807, 2.05) is 30.6 Å². The minimum atomic E-state index is -0.252. The zero-order valence-corrected chi connectivity index (χ0v) is 18.4. The third-order valence-corrected chi connectivity index (χ3v) is 7.30. The van der Waals surface area contributed by atoms with Crippen molar-refractivity contribution in [2.45, 2.75) is 31.7 Å². The summed E-state index contributed by atoms with van der Waals surface area (Å²) >= 11 is 0. The number of nitrogens with one attached hydrogen (secondary N) is 2. The molecule has 3 aromatic heterocycles. The second-order valence-corrected chi connectivity index (χ2v) is 9.12. The average Bonchev–Trinajstić information content (AvgIpc) is 3.54. The van der Waals surface area contributed by atoms with Gasteiger partial charge >= 0.3 is 0 Å². The van der Waals surface area contributed by atoms with Gasteiger partial charge in [-0.2, -0.15) is 10.1 Å². The smallest absolute Gasteiger partial charge is 0.227 e. The van der Waals surface area contributed by atoms with Gasteiger partial charge < -0.3 is 15.2 Å². The van der Waals surface area contributed by atoms with Crippen molar-refractivity contribution < 1.29 is 4.79 Å². The predicted molar refractivity (Wildman–Crippen MR) is 126 cm³/mol. The van der Waals surface area contributed by atoms with E-state index in [1.165, 1.54) is 10.9 Å². The van der Waals surface area contributed by atoms with E-state index in [-0.39, 0.29) is 11.5 Å². The number of aromatic amines is 1. The summed E-state index contributed by atoms with van der Waals surface area (Å²) in [6.45, 7) is 2.45. The number of hydrogen-bond acceptors (Lipinski definition) is 6. The average molecular weight is 442 g/mol. The number of anilines is 1. The molecule has 2 saturated heterocycles. The first kappa shape index (κ1) is 20.1. The minimum Gasteiger partial charge on any atom is -0.361 e. The van der Waals surface area contributed by atoms with E-state index in [0.29, 0.717) is 11.7 Å². The highest BCUT2D eigenvalue weighted by Gasteiger charge is 2.46. The first-order chi connectivity index (χ1) is 16.2. The third kappa shape index (κ3) is 3.60. The van der Waals surface area contributed by atoms with Crippen LogP contribution in [0.15, 0.2) is 61.2 Å². The lowest BCUT2D eigenvalue weighted by Gasteiger charge is -2.45. The van der Waals surface area contributed by atoms with Gasteiger partial charge in [-0.3, -0.25) is 4.79 Å². The van der Waals surface area contributed by atoms with Crippen molar-refractivity contribution in [2.24, 2.45) is 5.41 Å². The maximum atomic E-state index is 13.7. The topological polar surface area (TPSA) is 91.7 Å². The van der Waals surface area contributed by atoms with E-state index in [2.05, 4.69) is 43.5 Å². The first-order valence-corrected chi connectivity index (χ1v) is 11.6. The zero-order chi connectivity index (χ0) is 22.3. The summed E-state index contributed by atoms with van der Waals surface area (Å²) in [5, 5.41) is 8.97. The molecule has 1 aromatic carbocycles. The number of benzene rings is 1. The molecule has 5 heterocycles. The zero-order valence-electron chi connectivity index (χ0n) is 18.4. The number of para-hydroxylation sites is 1. The van der Waals surface area contributed by atoms with Crippen LogP contribution in [-0.4, -0.2) is 56.2 Å². The van der Waals surface area contributed by atoms with Crippen LogP contribution in [0.1, 0.15) is 24.8 Å². The fourth-order valence-corrected chi connectivity index (χ4v) is 5.41. The number of Topliss-reactive ketones (excluding diaryl/α,β-unsaturated/α-hetero) is 1. The van der Waals surface area contributed by atoms with Gasteiger partial charge in [0.1, 0.15) is 0 Å². The van der Waals surface area contributed by atoms with Crippen molar-refractivity contribution in [3.8, 4) is 5.82 Å². The Morgan fingerprint density at radius 2 is 1.94 bits per heavy atom. The molecule has 1 atom stereocenters. The van der Waals surface area contributed by atoms with Gasteiger partial charge in [-0.25, -0.2) is 9.67 Å². The molecule has 0 amide bonds. The third-order valence-electron chi connectivity index (χ3n) is 7.30. The summed E-state index contributed by atoms with van der Waals surface area (Å²) in [5.74, 6) is 1.82. The van der Waals surface area contributed by atoms with Gasteiger partial charge in [-0.05, 0) is 49.9 Å². The van der Waals surface area contributed by atoms with Crippen LogP contribution in [0.5, 0.6) is 0 Å². The molecule has 0 bridgehead atoms. The number of carbonyl (C=O) groups excluding carboxylic acids is 1. The quantitative estimate of drug-likeness (QED) is 0.506. The summed E-state index contributed by atoms with van der Waals surface area (Å²) in [6.07, 6.45) is 10.7. The summed E-state index contributed by atoms with van der Waals surface area (Å²) in [5.41, 5.74) is 2.07. The molecule has 1 spiro atoms. The Kier molecular flexibility index (Phi) is 4.95. The van der Waals surface area contributed by atoms with Crippen molar-refractivity contribution in [3.63, 3.8) is 0 Å². The van der Waals surface area contributed by atoms with E-state index < -0.39 is 0 Å². The molecule has 6 rings (SSSR count). The van der Waals surface area contributed by atoms with Crippen LogP contribution in [0.4, 0.5) is 5.95 Å². The maximum absolute atomic E-state index is 13.7. The molecule has 2 aliphatic heterocycles. The number of hydrogen-bond donors (Lipinski definition) is 2. The molecule has 8 nitrogen and oxygen atoms in total. The Balaban J connectivity index is 1.17. The summed E-state index contributed by atoms with van der Waals surface area (Å²) in [7, 11) is 0. The maximum Gasteiger partial charge on any atom is 0.227 e. The van der Waals surface area contributed by atoms with Crippen LogP contribution in [0, 0.1) is 5.41 Å². The van der Waals surface area contributed by atoms with E-state index in [0.717, 1.165) is 56.7 Å². The van der Waals surface area contributed by atoms with E-state index in [4.69, 9.17) is 4.98 Å². The van der Waals surface area contributed by atoms with E-state index >= 15 is 0 Å². The van der Waals surface area contributed by atoms with Crippen molar-refractivity contribution in [3.05, 3.63) is 66.7 Å². The lowest BCUT2D eigenvalue weighted by molar-refractivity contribution is -0.135.